The molecule has 0 saturated heterocycles. The number of rotatable bonds is 7. The normalized spacial score (nSPS) is 17.6. The molecule has 1 fully saturated rings. The van der Waals surface area contributed by atoms with E-state index in [1.807, 2.05) is 0 Å². The lowest BCUT2D eigenvalue weighted by molar-refractivity contribution is -0.138. The van der Waals surface area contributed by atoms with Crippen LogP contribution in [0.2, 0.25) is 5.02 Å². The van der Waals surface area contributed by atoms with Gasteiger partial charge in [0.05, 0.1) is 12.5 Å². The molecule has 4 rings (SSSR count). The standard InChI is InChI=1S/C23H18ClFO4/c24-16-3-7-18(8-4-16)29-19-9-10-22(25)20(12-19)14-1-5-17(6-2-14)28-13-15-11-21(15)23(26)27/h1-10,12,15,21H,11,13H2,(H,26,27)/t15-,21+/m0/s1. The van der Waals surface area contributed by atoms with Crippen LogP contribution in [-0.4, -0.2) is 17.7 Å². The van der Waals surface area contributed by atoms with Gasteiger partial charge in [-0.05, 0) is 66.6 Å². The molecule has 2 atom stereocenters. The van der Waals surface area contributed by atoms with Crippen LogP contribution in [0.15, 0.2) is 66.7 Å². The van der Waals surface area contributed by atoms with Crippen molar-refractivity contribution in [3.8, 4) is 28.4 Å². The van der Waals surface area contributed by atoms with Crippen LogP contribution in [0.25, 0.3) is 11.1 Å². The number of benzene rings is 3. The Morgan fingerprint density at radius 2 is 1.66 bits per heavy atom. The molecule has 3 aromatic rings. The molecule has 1 saturated carbocycles. The third-order valence-electron chi connectivity index (χ3n) is 4.86. The van der Waals surface area contributed by atoms with Gasteiger partial charge in [-0.25, -0.2) is 4.39 Å². The summed E-state index contributed by atoms with van der Waals surface area (Å²) in [4.78, 5) is 10.9. The Labute approximate surface area is 172 Å². The van der Waals surface area contributed by atoms with Crippen LogP contribution in [0, 0.1) is 17.7 Å². The first-order chi connectivity index (χ1) is 14.0. The van der Waals surface area contributed by atoms with Crippen molar-refractivity contribution in [3.05, 3.63) is 77.6 Å². The van der Waals surface area contributed by atoms with E-state index in [0.29, 0.717) is 46.4 Å². The highest BCUT2D eigenvalue weighted by Gasteiger charge is 2.43. The van der Waals surface area contributed by atoms with E-state index in [9.17, 15) is 9.18 Å². The summed E-state index contributed by atoms with van der Waals surface area (Å²) in [6, 6.07) is 18.5. The first-order valence-electron chi connectivity index (χ1n) is 9.18. The molecule has 148 valence electrons. The fourth-order valence-electron chi connectivity index (χ4n) is 3.10. The van der Waals surface area contributed by atoms with Gasteiger partial charge in [0.1, 0.15) is 23.1 Å². The van der Waals surface area contributed by atoms with E-state index >= 15 is 0 Å². The Morgan fingerprint density at radius 1 is 1.00 bits per heavy atom. The second-order valence-corrected chi connectivity index (χ2v) is 7.41. The number of carboxylic acid groups (broad SMARTS) is 1. The van der Waals surface area contributed by atoms with Gasteiger partial charge in [-0.15, -0.1) is 0 Å². The van der Waals surface area contributed by atoms with Gasteiger partial charge < -0.3 is 14.6 Å². The molecule has 0 amide bonds. The highest BCUT2D eigenvalue weighted by Crippen LogP contribution is 2.39. The summed E-state index contributed by atoms with van der Waals surface area (Å²) in [5, 5.41) is 9.54. The predicted octanol–water partition coefficient (Wildman–Crippen LogP) is 6.04. The number of carboxylic acids is 1. The van der Waals surface area contributed by atoms with E-state index in [2.05, 4.69) is 0 Å². The first kappa shape index (κ1) is 19.3. The monoisotopic (exact) mass is 412 g/mol. The van der Waals surface area contributed by atoms with Crippen molar-refractivity contribution in [1.29, 1.82) is 0 Å². The highest BCUT2D eigenvalue weighted by atomic mass is 35.5. The van der Waals surface area contributed by atoms with Crippen LogP contribution in [-0.2, 0) is 4.79 Å². The zero-order valence-corrected chi connectivity index (χ0v) is 16.1. The van der Waals surface area contributed by atoms with Crippen LogP contribution in [0.5, 0.6) is 17.2 Å². The zero-order valence-electron chi connectivity index (χ0n) is 15.3. The van der Waals surface area contributed by atoms with Crippen molar-refractivity contribution in [2.24, 2.45) is 11.8 Å². The Morgan fingerprint density at radius 3 is 2.31 bits per heavy atom. The topological polar surface area (TPSA) is 55.8 Å². The zero-order chi connectivity index (χ0) is 20.4. The van der Waals surface area contributed by atoms with E-state index < -0.39 is 5.97 Å². The Balaban J connectivity index is 1.44. The maximum Gasteiger partial charge on any atom is 0.306 e. The third kappa shape index (κ3) is 4.69. The Hall–Kier alpha value is -3.05. The Kier molecular flexibility index (Phi) is 5.41. The highest BCUT2D eigenvalue weighted by molar-refractivity contribution is 6.30. The summed E-state index contributed by atoms with van der Waals surface area (Å²) >= 11 is 5.88. The molecular formula is C23H18ClFO4. The molecule has 1 aliphatic carbocycles. The minimum atomic E-state index is -0.773. The summed E-state index contributed by atoms with van der Waals surface area (Å²) in [6.45, 7) is 0.370. The summed E-state index contributed by atoms with van der Waals surface area (Å²) in [5.41, 5.74) is 1.10. The predicted molar refractivity (Wildman–Crippen MR) is 108 cm³/mol. The summed E-state index contributed by atoms with van der Waals surface area (Å²) in [6.07, 6.45) is 0.652. The first-order valence-corrected chi connectivity index (χ1v) is 9.56. The second-order valence-electron chi connectivity index (χ2n) is 6.97. The van der Waals surface area contributed by atoms with Crippen molar-refractivity contribution >= 4 is 17.6 Å². The average molecular weight is 413 g/mol. The molecule has 29 heavy (non-hydrogen) atoms. The molecule has 0 aromatic heterocycles. The summed E-state index contributed by atoms with van der Waals surface area (Å²) < 4.78 is 25.8. The van der Waals surface area contributed by atoms with E-state index in [1.165, 1.54) is 6.07 Å². The molecule has 1 N–H and O–H groups in total. The number of hydrogen-bond acceptors (Lipinski definition) is 3. The quantitative estimate of drug-likeness (QED) is 0.514. The van der Waals surface area contributed by atoms with Crippen molar-refractivity contribution < 1.29 is 23.8 Å². The third-order valence-corrected chi connectivity index (χ3v) is 5.11. The average Bonchev–Trinajstić information content (AvgIpc) is 3.50. The lowest BCUT2D eigenvalue weighted by atomic mass is 10.0. The second kappa shape index (κ2) is 8.13. The van der Waals surface area contributed by atoms with E-state index in [1.54, 1.807) is 60.7 Å². The number of ether oxygens (including phenoxy) is 2. The number of halogens is 2. The lowest BCUT2D eigenvalue weighted by Gasteiger charge is -2.10. The molecule has 0 heterocycles. The largest absolute Gasteiger partial charge is 0.493 e. The van der Waals surface area contributed by atoms with Gasteiger partial charge in [-0.2, -0.15) is 0 Å². The van der Waals surface area contributed by atoms with Gasteiger partial charge in [0.25, 0.3) is 0 Å². The van der Waals surface area contributed by atoms with Crippen molar-refractivity contribution in [3.63, 3.8) is 0 Å². The van der Waals surface area contributed by atoms with E-state index in [4.69, 9.17) is 26.2 Å². The SMILES string of the molecule is O=C(O)[C@@H]1C[C@H]1COc1ccc(-c2cc(Oc3ccc(Cl)cc3)ccc2F)cc1. The fraction of sp³-hybridized carbons (Fsp3) is 0.174. The molecule has 6 heteroatoms. The van der Waals surface area contributed by atoms with Gasteiger partial charge in [0, 0.05) is 16.5 Å². The minimum Gasteiger partial charge on any atom is -0.493 e. The maximum atomic E-state index is 14.4. The molecule has 4 nitrogen and oxygen atoms in total. The van der Waals surface area contributed by atoms with Gasteiger partial charge in [0.2, 0.25) is 0 Å². The molecule has 1 aliphatic rings. The molecule has 0 aliphatic heterocycles. The molecule has 0 radical (unpaired) electrons. The molecular weight excluding hydrogens is 395 g/mol. The van der Waals surface area contributed by atoms with Crippen LogP contribution in [0.3, 0.4) is 0 Å². The van der Waals surface area contributed by atoms with Crippen molar-refractivity contribution in [1.82, 2.24) is 0 Å². The molecule has 0 unspecified atom stereocenters. The smallest absolute Gasteiger partial charge is 0.306 e. The minimum absolute atomic E-state index is 0.0614. The van der Waals surface area contributed by atoms with Crippen LogP contribution in [0.4, 0.5) is 4.39 Å². The number of hydrogen-bond donors (Lipinski definition) is 1. The molecule has 0 bridgehead atoms. The number of carbonyl (C=O) groups is 1. The molecule has 0 spiro atoms. The van der Waals surface area contributed by atoms with Crippen molar-refractivity contribution in [2.75, 3.05) is 6.61 Å². The van der Waals surface area contributed by atoms with Gasteiger partial charge in [-0.1, -0.05) is 23.7 Å². The van der Waals surface area contributed by atoms with Gasteiger partial charge in [0.15, 0.2) is 0 Å². The van der Waals surface area contributed by atoms with E-state index in [-0.39, 0.29) is 17.7 Å². The van der Waals surface area contributed by atoms with Crippen LogP contribution >= 0.6 is 11.6 Å². The maximum absolute atomic E-state index is 14.4. The number of aliphatic carboxylic acids is 1. The lowest BCUT2D eigenvalue weighted by Crippen LogP contribution is -2.06. The van der Waals surface area contributed by atoms with Gasteiger partial charge in [-0.3, -0.25) is 4.79 Å². The summed E-state index contributed by atoms with van der Waals surface area (Å²) in [5.74, 6) is 0.374. The van der Waals surface area contributed by atoms with Crippen molar-refractivity contribution in [2.45, 2.75) is 6.42 Å². The van der Waals surface area contributed by atoms with Crippen LogP contribution < -0.4 is 9.47 Å². The van der Waals surface area contributed by atoms with Crippen LogP contribution in [0.1, 0.15) is 6.42 Å². The Bertz CT molecular complexity index is 1020. The van der Waals surface area contributed by atoms with Gasteiger partial charge >= 0.3 is 5.97 Å². The van der Waals surface area contributed by atoms with E-state index in [0.717, 1.165) is 0 Å². The summed E-state index contributed by atoms with van der Waals surface area (Å²) in [7, 11) is 0. The molecule has 3 aromatic carbocycles. The fourth-order valence-corrected chi connectivity index (χ4v) is 3.22.